The average Bonchev–Trinajstić information content (AvgIpc) is 2.11. The van der Waals surface area contributed by atoms with E-state index in [9.17, 15) is 9.59 Å². The second-order valence-electron chi connectivity index (χ2n) is 3.74. The molecule has 0 saturated heterocycles. The van der Waals surface area contributed by atoms with Gasteiger partial charge < -0.3 is 15.2 Å². The topological polar surface area (TPSA) is 75.6 Å². The third-order valence-electron chi connectivity index (χ3n) is 2.67. The van der Waals surface area contributed by atoms with Gasteiger partial charge in [0.05, 0.1) is 6.61 Å². The molecular weight excluding hydrogens is 198 g/mol. The van der Waals surface area contributed by atoms with E-state index in [1.165, 1.54) is 0 Å². The van der Waals surface area contributed by atoms with Crippen molar-refractivity contribution in [1.82, 2.24) is 5.32 Å². The van der Waals surface area contributed by atoms with Gasteiger partial charge in [0.2, 0.25) is 5.91 Å². The Hall–Kier alpha value is -1.10. The molecule has 15 heavy (non-hydrogen) atoms. The van der Waals surface area contributed by atoms with E-state index in [2.05, 4.69) is 5.32 Å². The first-order valence-corrected chi connectivity index (χ1v) is 5.23. The molecule has 0 aromatic rings. The summed E-state index contributed by atoms with van der Waals surface area (Å²) in [5, 5.41) is 11.5. The lowest BCUT2D eigenvalue weighted by Crippen LogP contribution is -2.59. The van der Waals surface area contributed by atoms with E-state index >= 15 is 0 Å². The van der Waals surface area contributed by atoms with Crippen LogP contribution in [0.25, 0.3) is 0 Å². The second-order valence-corrected chi connectivity index (χ2v) is 3.74. The van der Waals surface area contributed by atoms with Crippen LogP contribution in [0.4, 0.5) is 0 Å². The molecule has 0 spiro atoms. The summed E-state index contributed by atoms with van der Waals surface area (Å²) in [6, 6.07) is 0. The SMILES string of the molecule is CCOCCC(=O)NC1(C(=O)O)CCC1. The first kappa shape index (κ1) is 12.0. The highest BCUT2D eigenvalue weighted by Gasteiger charge is 2.45. The van der Waals surface area contributed by atoms with Crippen molar-refractivity contribution < 1.29 is 19.4 Å². The van der Waals surface area contributed by atoms with E-state index in [-0.39, 0.29) is 12.3 Å². The lowest BCUT2D eigenvalue weighted by Gasteiger charge is -2.38. The molecule has 0 radical (unpaired) electrons. The van der Waals surface area contributed by atoms with E-state index < -0.39 is 11.5 Å². The number of ether oxygens (including phenoxy) is 1. The van der Waals surface area contributed by atoms with Crippen LogP contribution in [0.1, 0.15) is 32.6 Å². The Morgan fingerprint density at radius 1 is 1.47 bits per heavy atom. The number of carbonyl (C=O) groups excluding carboxylic acids is 1. The van der Waals surface area contributed by atoms with Crippen molar-refractivity contribution in [3.8, 4) is 0 Å². The Bertz CT molecular complexity index is 248. The molecule has 0 aromatic carbocycles. The van der Waals surface area contributed by atoms with Crippen LogP contribution in [0, 0.1) is 0 Å². The van der Waals surface area contributed by atoms with Gasteiger partial charge in [0.1, 0.15) is 5.54 Å². The third-order valence-corrected chi connectivity index (χ3v) is 2.67. The lowest BCUT2D eigenvalue weighted by atomic mass is 9.76. The standard InChI is InChI=1S/C10H17NO4/c1-2-15-7-4-8(12)11-10(9(13)14)5-3-6-10/h2-7H2,1H3,(H,11,12)(H,13,14). The van der Waals surface area contributed by atoms with Gasteiger partial charge in [-0.25, -0.2) is 4.79 Å². The summed E-state index contributed by atoms with van der Waals surface area (Å²) < 4.78 is 5.02. The van der Waals surface area contributed by atoms with Crippen molar-refractivity contribution >= 4 is 11.9 Å². The number of amides is 1. The molecule has 1 saturated carbocycles. The number of carboxylic acids is 1. The molecule has 0 aliphatic heterocycles. The maximum Gasteiger partial charge on any atom is 0.329 e. The molecule has 0 heterocycles. The summed E-state index contributed by atoms with van der Waals surface area (Å²) in [6.07, 6.45) is 2.15. The number of hydrogen-bond donors (Lipinski definition) is 2. The number of carbonyl (C=O) groups is 2. The zero-order valence-electron chi connectivity index (χ0n) is 8.91. The van der Waals surface area contributed by atoms with Crippen LogP contribution in [0.2, 0.25) is 0 Å². The highest BCUT2D eigenvalue weighted by atomic mass is 16.5. The van der Waals surface area contributed by atoms with Crippen LogP contribution < -0.4 is 5.32 Å². The van der Waals surface area contributed by atoms with Gasteiger partial charge in [-0.1, -0.05) is 0 Å². The molecule has 0 unspecified atom stereocenters. The van der Waals surface area contributed by atoms with Crippen LogP contribution in [-0.2, 0) is 14.3 Å². The van der Waals surface area contributed by atoms with E-state index in [4.69, 9.17) is 9.84 Å². The minimum Gasteiger partial charge on any atom is -0.480 e. The highest BCUT2D eigenvalue weighted by molar-refractivity contribution is 5.87. The molecule has 1 aliphatic carbocycles. The molecule has 2 N–H and O–H groups in total. The van der Waals surface area contributed by atoms with Gasteiger partial charge in [-0.2, -0.15) is 0 Å². The van der Waals surface area contributed by atoms with E-state index in [1.807, 2.05) is 6.92 Å². The molecule has 1 rings (SSSR count). The predicted molar refractivity (Wildman–Crippen MR) is 53.5 cm³/mol. The summed E-state index contributed by atoms with van der Waals surface area (Å²) in [5.41, 5.74) is -0.997. The summed E-state index contributed by atoms with van der Waals surface area (Å²) in [7, 11) is 0. The first-order valence-electron chi connectivity index (χ1n) is 5.23. The van der Waals surface area contributed by atoms with Crippen molar-refractivity contribution in [3.63, 3.8) is 0 Å². The van der Waals surface area contributed by atoms with Crippen molar-refractivity contribution in [2.75, 3.05) is 13.2 Å². The Morgan fingerprint density at radius 3 is 2.53 bits per heavy atom. The maximum atomic E-state index is 11.4. The van der Waals surface area contributed by atoms with E-state index in [1.54, 1.807) is 0 Å². The molecule has 0 aromatic heterocycles. The van der Waals surface area contributed by atoms with Gasteiger partial charge in [0.15, 0.2) is 0 Å². The Labute approximate surface area is 88.8 Å². The Kier molecular flexibility index (Phi) is 4.08. The molecule has 0 bridgehead atoms. The molecule has 1 amide bonds. The number of hydrogen-bond acceptors (Lipinski definition) is 3. The monoisotopic (exact) mass is 215 g/mol. The normalized spacial score (nSPS) is 17.9. The average molecular weight is 215 g/mol. The van der Waals surface area contributed by atoms with Crippen LogP contribution in [0.15, 0.2) is 0 Å². The predicted octanol–water partition coefficient (Wildman–Crippen LogP) is 0.536. The maximum absolute atomic E-state index is 11.4. The number of carboxylic acid groups (broad SMARTS) is 1. The van der Waals surface area contributed by atoms with Gasteiger partial charge >= 0.3 is 5.97 Å². The Morgan fingerprint density at radius 2 is 2.13 bits per heavy atom. The molecule has 0 atom stereocenters. The fourth-order valence-electron chi connectivity index (χ4n) is 1.56. The van der Waals surface area contributed by atoms with Gasteiger partial charge in [-0.15, -0.1) is 0 Å². The largest absolute Gasteiger partial charge is 0.480 e. The van der Waals surface area contributed by atoms with E-state index in [0.29, 0.717) is 26.1 Å². The smallest absolute Gasteiger partial charge is 0.329 e. The fourth-order valence-corrected chi connectivity index (χ4v) is 1.56. The lowest BCUT2D eigenvalue weighted by molar-refractivity contribution is -0.152. The number of nitrogens with one attached hydrogen (secondary N) is 1. The number of aliphatic carboxylic acids is 1. The summed E-state index contributed by atoms with van der Waals surface area (Å²) in [6.45, 7) is 2.76. The van der Waals surface area contributed by atoms with Gasteiger partial charge in [0.25, 0.3) is 0 Å². The quantitative estimate of drug-likeness (QED) is 0.634. The molecule has 86 valence electrons. The van der Waals surface area contributed by atoms with Crippen molar-refractivity contribution in [2.24, 2.45) is 0 Å². The Balaban J connectivity index is 2.32. The van der Waals surface area contributed by atoms with Gasteiger partial charge in [-0.05, 0) is 26.2 Å². The first-order chi connectivity index (χ1) is 7.10. The van der Waals surface area contributed by atoms with Gasteiger partial charge in [-0.3, -0.25) is 4.79 Å². The third kappa shape index (κ3) is 2.92. The van der Waals surface area contributed by atoms with Crippen LogP contribution in [0.3, 0.4) is 0 Å². The van der Waals surface area contributed by atoms with Crippen LogP contribution in [0.5, 0.6) is 0 Å². The van der Waals surface area contributed by atoms with Crippen molar-refractivity contribution in [3.05, 3.63) is 0 Å². The highest BCUT2D eigenvalue weighted by Crippen LogP contribution is 2.31. The second kappa shape index (κ2) is 5.11. The molecule has 5 heteroatoms. The minimum absolute atomic E-state index is 0.225. The zero-order chi connectivity index (χ0) is 11.3. The minimum atomic E-state index is -0.997. The van der Waals surface area contributed by atoms with Crippen molar-refractivity contribution in [1.29, 1.82) is 0 Å². The summed E-state index contributed by atoms with van der Waals surface area (Å²) >= 11 is 0. The molecule has 1 fully saturated rings. The fraction of sp³-hybridized carbons (Fsp3) is 0.800. The molecular formula is C10H17NO4. The summed E-state index contributed by atoms with van der Waals surface area (Å²) in [4.78, 5) is 22.3. The summed E-state index contributed by atoms with van der Waals surface area (Å²) in [5.74, 6) is -1.18. The van der Waals surface area contributed by atoms with Crippen LogP contribution >= 0.6 is 0 Å². The molecule has 1 aliphatic rings. The zero-order valence-corrected chi connectivity index (χ0v) is 8.91. The number of rotatable bonds is 6. The van der Waals surface area contributed by atoms with Crippen LogP contribution in [-0.4, -0.2) is 35.7 Å². The van der Waals surface area contributed by atoms with E-state index in [0.717, 1.165) is 6.42 Å². The van der Waals surface area contributed by atoms with Crippen molar-refractivity contribution in [2.45, 2.75) is 38.1 Å². The van der Waals surface area contributed by atoms with Gasteiger partial charge in [0, 0.05) is 13.0 Å². The molecule has 5 nitrogen and oxygen atoms in total.